The van der Waals surface area contributed by atoms with Gasteiger partial charge >= 0.3 is 0 Å². The van der Waals surface area contributed by atoms with Crippen molar-refractivity contribution in [3.05, 3.63) is 30.3 Å². The number of likely N-dealkylation sites (N-methyl/N-ethyl adjacent to an activating group) is 1. The molecule has 6 nitrogen and oxygen atoms in total. The van der Waals surface area contributed by atoms with E-state index in [1.54, 1.807) is 30.3 Å². The monoisotopic (exact) mass is 365 g/mol. The SMILES string of the molecule is CNC1CCCN(C(=O)C2CCN(S(=O)(=O)c3ccccc3)CC2)C1. The smallest absolute Gasteiger partial charge is 0.243 e. The summed E-state index contributed by atoms with van der Waals surface area (Å²) in [5.74, 6) is 0.134. The number of rotatable bonds is 4. The Morgan fingerprint density at radius 3 is 2.40 bits per heavy atom. The van der Waals surface area contributed by atoms with Crippen molar-refractivity contribution >= 4 is 15.9 Å². The van der Waals surface area contributed by atoms with Crippen LogP contribution >= 0.6 is 0 Å². The molecule has 7 heteroatoms. The summed E-state index contributed by atoms with van der Waals surface area (Å²) >= 11 is 0. The molecule has 2 aliphatic heterocycles. The van der Waals surface area contributed by atoms with Gasteiger partial charge in [-0.3, -0.25) is 4.79 Å². The summed E-state index contributed by atoms with van der Waals surface area (Å²) in [4.78, 5) is 15.1. The summed E-state index contributed by atoms with van der Waals surface area (Å²) in [6.45, 7) is 2.41. The number of hydrogen-bond acceptors (Lipinski definition) is 4. The number of sulfonamides is 1. The van der Waals surface area contributed by atoms with E-state index in [9.17, 15) is 13.2 Å². The maximum absolute atomic E-state index is 12.8. The zero-order valence-corrected chi connectivity index (χ0v) is 15.5. The zero-order valence-electron chi connectivity index (χ0n) is 14.7. The molecule has 1 atom stereocenters. The van der Waals surface area contributed by atoms with E-state index in [1.807, 2.05) is 11.9 Å². The number of nitrogens with one attached hydrogen (secondary N) is 1. The highest BCUT2D eigenvalue weighted by Crippen LogP contribution is 2.26. The second kappa shape index (κ2) is 7.85. The number of nitrogens with zero attached hydrogens (tertiary/aromatic N) is 2. The molecule has 1 amide bonds. The van der Waals surface area contributed by atoms with Crippen LogP contribution in [0.1, 0.15) is 25.7 Å². The molecule has 3 rings (SSSR count). The number of carbonyl (C=O) groups excluding carboxylic acids is 1. The lowest BCUT2D eigenvalue weighted by Crippen LogP contribution is -2.50. The Labute approximate surface area is 150 Å². The van der Waals surface area contributed by atoms with Crippen molar-refractivity contribution in [2.24, 2.45) is 5.92 Å². The van der Waals surface area contributed by atoms with E-state index in [-0.39, 0.29) is 11.8 Å². The minimum absolute atomic E-state index is 0.0576. The van der Waals surface area contributed by atoms with Crippen LogP contribution < -0.4 is 5.32 Å². The standard InChI is InChI=1S/C18H27N3O3S/c1-19-16-6-5-11-20(14-16)18(22)15-9-12-21(13-10-15)25(23,24)17-7-3-2-4-8-17/h2-4,7-8,15-16,19H,5-6,9-14H2,1H3. The quantitative estimate of drug-likeness (QED) is 0.873. The Bertz CT molecular complexity index is 685. The third-order valence-corrected chi connectivity index (χ3v) is 7.24. The fourth-order valence-corrected chi connectivity index (χ4v) is 5.25. The lowest BCUT2D eigenvalue weighted by molar-refractivity contribution is -0.138. The molecule has 2 aliphatic rings. The van der Waals surface area contributed by atoms with Crippen molar-refractivity contribution in [2.75, 3.05) is 33.2 Å². The first-order valence-corrected chi connectivity index (χ1v) is 10.5. The van der Waals surface area contributed by atoms with Crippen LogP contribution in [0, 0.1) is 5.92 Å². The summed E-state index contributed by atoms with van der Waals surface area (Å²) < 4.78 is 26.9. The number of piperidine rings is 2. The van der Waals surface area contributed by atoms with Crippen LogP contribution in [0.5, 0.6) is 0 Å². The van der Waals surface area contributed by atoms with E-state index in [0.717, 1.165) is 25.9 Å². The number of amides is 1. The number of likely N-dealkylation sites (tertiary alicyclic amines) is 1. The van der Waals surface area contributed by atoms with Crippen molar-refractivity contribution in [1.82, 2.24) is 14.5 Å². The van der Waals surface area contributed by atoms with Crippen molar-refractivity contribution in [3.63, 3.8) is 0 Å². The van der Waals surface area contributed by atoms with Gasteiger partial charge in [0.2, 0.25) is 15.9 Å². The van der Waals surface area contributed by atoms with Crippen LogP contribution in [-0.2, 0) is 14.8 Å². The van der Waals surface area contributed by atoms with E-state index in [4.69, 9.17) is 0 Å². The second-order valence-electron chi connectivity index (χ2n) is 6.90. The Morgan fingerprint density at radius 1 is 1.08 bits per heavy atom. The van der Waals surface area contributed by atoms with Gasteiger partial charge in [0, 0.05) is 38.1 Å². The first-order valence-electron chi connectivity index (χ1n) is 9.03. The average molecular weight is 365 g/mol. The fraction of sp³-hybridized carbons (Fsp3) is 0.611. The van der Waals surface area contributed by atoms with E-state index in [2.05, 4.69) is 5.32 Å². The van der Waals surface area contributed by atoms with Crippen molar-refractivity contribution in [3.8, 4) is 0 Å². The van der Waals surface area contributed by atoms with Crippen LogP contribution in [-0.4, -0.2) is 62.8 Å². The molecule has 0 saturated carbocycles. The lowest BCUT2D eigenvalue weighted by Gasteiger charge is -2.37. The minimum atomic E-state index is -3.45. The molecule has 0 bridgehead atoms. The van der Waals surface area contributed by atoms with Gasteiger partial charge in [0.25, 0.3) is 0 Å². The lowest BCUT2D eigenvalue weighted by atomic mass is 9.95. The summed E-state index contributed by atoms with van der Waals surface area (Å²) in [7, 11) is -1.51. The molecular weight excluding hydrogens is 338 g/mol. The molecule has 138 valence electrons. The first kappa shape index (κ1) is 18.4. The minimum Gasteiger partial charge on any atom is -0.341 e. The molecule has 2 saturated heterocycles. The number of carbonyl (C=O) groups is 1. The summed E-state index contributed by atoms with van der Waals surface area (Å²) in [6.07, 6.45) is 3.34. The van der Waals surface area contributed by atoms with Crippen LogP contribution in [0.15, 0.2) is 35.2 Å². The Balaban J connectivity index is 1.59. The predicted octanol–water partition coefficient (Wildman–Crippen LogP) is 1.30. The molecule has 0 aliphatic carbocycles. The molecule has 1 unspecified atom stereocenters. The predicted molar refractivity (Wildman–Crippen MR) is 96.6 cm³/mol. The third-order valence-electron chi connectivity index (χ3n) is 5.33. The molecule has 1 aromatic rings. The first-order chi connectivity index (χ1) is 12.0. The molecule has 0 radical (unpaired) electrons. The Kier molecular flexibility index (Phi) is 5.76. The summed E-state index contributed by atoms with van der Waals surface area (Å²) in [5.41, 5.74) is 0. The van der Waals surface area contributed by atoms with E-state index in [1.165, 1.54) is 4.31 Å². The number of benzene rings is 1. The van der Waals surface area contributed by atoms with Gasteiger partial charge in [-0.15, -0.1) is 0 Å². The van der Waals surface area contributed by atoms with Gasteiger partial charge < -0.3 is 10.2 Å². The highest BCUT2D eigenvalue weighted by molar-refractivity contribution is 7.89. The van der Waals surface area contributed by atoms with Crippen molar-refractivity contribution < 1.29 is 13.2 Å². The van der Waals surface area contributed by atoms with Crippen LogP contribution in [0.2, 0.25) is 0 Å². The second-order valence-corrected chi connectivity index (χ2v) is 8.84. The molecular formula is C18H27N3O3S. The topological polar surface area (TPSA) is 69.7 Å². The molecule has 2 fully saturated rings. The Hall–Kier alpha value is -1.44. The third kappa shape index (κ3) is 4.04. The van der Waals surface area contributed by atoms with Crippen molar-refractivity contribution in [1.29, 1.82) is 0 Å². The Morgan fingerprint density at radius 2 is 1.76 bits per heavy atom. The van der Waals surface area contributed by atoms with E-state index in [0.29, 0.717) is 36.9 Å². The summed E-state index contributed by atoms with van der Waals surface area (Å²) in [5, 5.41) is 3.26. The fourth-order valence-electron chi connectivity index (χ4n) is 3.76. The molecule has 1 N–H and O–H groups in total. The van der Waals surface area contributed by atoms with Gasteiger partial charge in [-0.2, -0.15) is 4.31 Å². The summed E-state index contributed by atoms with van der Waals surface area (Å²) in [6, 6.07) is 8.89. The van der Waals surface area contributed by atoms with Gasteiger partial charge in [-0.1, -0.05) is 18.2 Å². The highest BCUT2D eigenvalue weighted by Gasteiger charge is 2.34. The van der Waals surface area contributed by atoms with Gasteiger partial charge in [0.1, 0.15) is 0 Å². The highest BCUT2D eigenvalue weighted by atomic mass is 32.2. The maximum atomic E-state index is 12.8. The van der Waals surface area contributed by atoms with Gasteiger partial charge in [0.05, 0.1) is 4.90 Å². The van der Waals surface area contributed by atoms with Crippen LogP contribution in [0.3, 0.4) is 0 Å². The average Bonchev–Trinajstić information content (AvgIpc) is 2.68. The normalized spacial score (nSPS) is 23.6. The largest absolute Gasteiger partial charge is 0.341 e. The van der Waals surface area contributed by atoms with E-state index < -0.39 is 10.0 Å². The molecule has 0 aromatic heterocycles. The van der Waals surface area contributed by atoms with Gasteiger partial charge in [-0.25, -0.2) is 8.42 Å². The van der Waals surface area contributed by atoms with Crippen LogP contribution in [0.25, 0.3) is 0 Å². The van der Waals surface area contributed by atoms with Gasteiger partial charge in [-0.05, 0) is 44.9 Å². The van der Waals surface area contributed by atoms with Crippen LogP contribution in [0.4, 0.5) is 0 Å². The van der Waals surface area contributed by atoms with E-state index >= 15 is 0 Å². The number of hydrogen-bond donors (Lipinski definition) is 1. The molecule has 25 heavy (non-hydrogen) atoms. The van der Waals surface area contributed by atoms with Gasteiger partial charge in [0.15, 0.2) is 0 Å². The van der Waals surface area contributed by atoms with Crippen molar-refractivity contribution in [2.45, 2.75) is 36.6 Å². The zero-order chi connectivity index (χ0) is 17.9. The molecule has 1 aromatic carbocycles. The molecule has 2 heterocycles. The maximum Gasteiger partial charge on any atom is 0.243 e. The molecule has 0 spiro atoms.